The van der Waals surface area contributed by atoms with Gasteiger partial charge in [0.15, 0.2) is 5.82 Å². The predicted octanol–water partition coefficient (Wildman–Crippen LogP) is 4.45. The molecular formula is C26H19N3O2S. The first-order valence-electron chi connectivity index (χ1n) is 10.2. The molecule has 5 nitrogen and oxygen atoms in total. The van der Waals surface area contributed by atoms with Crippen molar-refractivity contribution in [1.29, 1.82) is 0 Å². The lowest BCUT2D eigenvalue weighted by Gasteiger charge is -2.06. The Hall–Kier alpha value is -4.03. The van der Waals surface area contributed by atoms with Crippen LogP contribution in [-0.4, -0.2) is 14.6 Å². The minimum atomic E-state index is -0.165. The topological polar surface area (TPSA) is 56.5 Å². The van der Waals surface area contributed by atoms with Gasteiger partial charge in [0, 0.05) is 0 Å². The van der Waals surface area contributed by atoms with E-state index in [0.717, 1.165) is 22.4 Å². The molecule has 2 aromatic heterocycles. The molecule has 0 saturated heterocycles. The third-order valence-electron chi connectivity index (χ3n) is 4.85. The number of benzene rings is 3. The zero-order valence-corrected chi connectivity index (χ0v) is 17.9. The van der Waals surface area contributed by atoms with Crippen LogP contribution in [0.5, 0.6) is 5.75 Å². The Bertz CT molecular complexity index is 1470. The second-order valence-corrected chi connectivity index (χ2v) is 8.18. The van der Waals surface area contributed by atoms with Gasteiger partial charge in [-0.15, -0.1) is 5.10 Å². The molecule has 0 unspecified atom stereocenters. The molecule has 0 aliphatic rings. The monoisotopic (exact) mass is 437 g/mol. The van der Waals surface area contributed by atoms with Crippen molar-refractivity contribution in [1.82, 2.24) is 14.6 Å². The normalized spacial score (nSPS) is 12.1. The van der Waals surface area contributed by atoms with E-state index in [0.29, 0.717) is 21.9 Å². The second kappa shape index (κ2) is 8.99. The van der Waals surface area contributed by atoms with Gasteiger partial charge in [-0.3, -0.25) is 4.79 Å². The molecule has 0 bridgehead atoms. The van der Waals surface area contributed by atoms with E-state index < -0.39 is 0 Å². The molecule has 6 heteroatoms. The fourth-order valence-corrected chi connectivity index (χ4v) is 4.12. The third kappa shape index (κ3) is 4.50. The fraction of sp³-hybridized carbons (Fsp3) is 0.0385. The number of hydrogen-bond donors (Lipinski definition) is 0. The number of rotatable bonds is 6. The smallest absolute Gasteiger partial charge is 0.291 e. The maximum Gasteiger partial charge on any atom is 0.291 e. The van der Waals surface area contributed by atoms with E-state index in [2.05, 4.69) is 10.1 Å². The summed E-state index contributed by atoms with van der Waals surface area (Å²) in [4.78, 5) is 17.8. The van der Waals surface area contributed by atoms with Crippen LogP contribution in [0.3, 0.4) is 0 Å². The Balaban J connectivity index is 1.32. The van der Waals surface area contributed by atoms with Gasteiger partial charge >= 0.3 is 0 Å². The van der Waals surface area contributed by atoms with Crippen LogP contribution < -0.4 is 14.8 Å². The molecule has 0 aliphatic heterocycles. The van der Waals surface area contributed by atoms with Gasteiger partial charge in [0.25, 0.3) is 5.56 Å². The summed E-state index contributed by atoms with van der Waals surface area (Å²) < 4.78 is 7.77. The third-order valence-corrected chi connectivity index (χ3v) is 5.81. The Morgan fingerprint density at radius 1 is 0.844 bits per heavy atom. The summed E-state index contributed by atoms with van der Waals surface area (Å²) in [7, 11) is 0. The minimum Gasteiger partial charge on any atom is -0.489 e. The average Bonchev–Trinajstić information content (AvgIpc) is 3.37. The molecule has 0 atom stereocenters. The summed E-state index contributed by atoms with van der Waals surface area (Å²) in [6, 6.07) is 27.6. The van der Waals surface area contributed by atoms with Crippen molar-refractivity contribution in [2.75, 3.05) is 0 Å². The number of hydrogen-bond acceptors (Lipinski definition) is 5. The Morgan fingerprint density at radius 3 is 2.28 bits per heavy atom. The van der Waals surface area contributed by atoms with Gasteiger partial charge in [-0.1, -0.05) is 90.2 Å². The van der Waals surface area contributed by atoms with E-state index >= 15 is 0 Å². The van der Waals surface area contributed by atoms with Crippen LogP contribution >= 0.6 is 11.3 Å². The summed E-state index contributed by atoms with van der Waals surface area (Å²) in [5.74, 6) is 1.30. The summed E-state index contributed by atoms with van der Waals surface area (Å²) in [6.45, 7) is 0.517. The van der Waals surface area contributed by atoms with Crippen LogP contribution in [0.15, 0.2) is 89.7 Å². The summed E-state index contributed by atoms with van der Waals surface area (Å²) in [5, 5.41) is 4.33. The van der Waals surface area contributed by atoms with E-state index in [1.807, 2.05) is 103 Å². The highest BCUT2D eigenvalue weighted by Crippen LogP contribution is 2.15. The van der Waals surface area contributed by atoms with Gasteiger partial charge in [-0.25, -0.2) is 0 Å². The van der Waals surface area contributed by atoms with Crippen molar-refractivity contribution in [3.8, 4) is 5.75 Å². The Labute approximate surface area is 188 Å². The molecule has 0 saturated carbocycles. The zero-order valence-electron chi connectivity index (χ0n) is 17.1. The van der Waals surface area contributed by atoms with Crippen LogP contribution in [0.2, 0.25) is 0 Å². The summed E-state index contributed by atoms with van der Waals surface area (Å²) >= 11 is 1.33. The van der Waals surface area contributed by atoms with Crippen LogP contribution in [-0.2, 0) is 6.61 Å². The number of ether oxygens (including phenoxy) is 1. The quantitative estimate of drug-likeness (QED) is 0.394. The molecule has 3 aromatic carbocycles. The first-order valence-corrected chi connectivity index (χ1v) is 11.0. The average molecular weight is 438 g/mol. The highest BCUT2D eigenvalue weighted by molar-refractivity contribution is 7.15. The Morgan fingerprint density at radius 2 is 1.56 bits per heavy atom. The number of nitrogens with zero attached hydrogens (tertiary/aromatic N) is 3. The van der Waals surface area contributed by atoms with Gasteiger partial charge in [0.1, 0.15) is 12.4 Å². The number of fused-ring (bicyclic) bond motifs is 1. The van der Waals surface area contributed by atoms with E-state index in [4.69, 9.17) is 4.74 Å². The van der Waals surface area contributed by atoms with E-state index in [1.54, 1.807) is 0 Å². The molecular weight excluding hydrogens is 418 g/mol. The summed E-state index contributed by atoms with van der Waals surface area (Å²) in [6.07, 6.45) is 5.59. The van der Waals surface area contributed by atoms with Crippen molar-refractivity contribution >= 4 is 34.5 Å². The lowest BCUT2D eigenvalue weighted by Crippen LogP contribution is -2.23. The molecule has 156 valence electrons. The van der Waals surface area contributed by atoms with Gasteiger partial charge in [0.2, 0.25) is 4.96 Å². The molecule has 0 radical (unpaired) electrons. The highest BCUT2D eigenvalue weighted by atomic mass is 32.1. The van der Waals surface area contributed by atoms with Crippen LogP contribution in [0.25, 0.3) is 23.2 Å². The van der Waals surface area contributed by atoms with Crippen molar-refractivity contribution in [2.45, 2.75) is 6.61 Å². The molecule has 0 N–H and O–H groups in total. The molecule has 5 aromatic rings. The highest BCUT2D eigenvalue weighted by Gasteiger charge is 2.09. The first-order chi connectivity index (χ1) is 15.7. The molecule has 2 heterocycles. The van der Waals surface area contributed by atoms with E-state index in [9.17, 15) is 4.79 Å². The number of thiazole rings is 1. The molecule has 5 rings (SSSR count). The van der Waals surface area contributed by atoms with Gasteiger partial charge in [0.05, 0.1) is 4.53 Å². The fourth-order valence-electron chi connectivity index (χ4n) is 3.21. The van der Waals surface area contributed by atoms with Crippen molar-refractivity contribution in [3.63, 3.8) is 0 Å². The van der Waals surface area contributed by atoms with Gasteiger partial charge in [-0.2, -0.15) is 9.50 Å². The van der Waals surface area contributed by atoms with Crippen molar-refractivity contribution in [2.24, 2.45) is 0 Å². The van der Waals surface area contributed by atoms with Crippen LogP contribution in [0.4, 0.5) is 0 Å². The van der Waals surface area contributed by atoms with Gasteiger partial charge < -0.3 is 4.74 Å². The minimum absolute atomic E-state index is 0.165. The van der Waals surface area contributed by atoms with E-state index in [-0.39, 0.29) is 5.56 Å². The SMILES string of the molecule is O=c1/c(=C\c2ccc(OCc3ccccc3)cc2)sc2nc(/C=C/c3ccccc3)nn12. The van der Waals surface area contributed by atoms with E-state index in [1.165, 1.54) is 15.9 Å². The zero-order chi connectivity index (χ0) is 21.8. The van der Waals surface area contributed by atoms with Crippen LogP contribution in [0, 0.1) is 0 Å². The summed E-state index contributed by atoms with van der Waals surface area (Å²) in [5.41, 5.74) is 2.92. The van der Waals surface area contributed by atoms with Crippen LogP contribution in [0.1, 0.15) is 22.5 Å². The maximum atomic E-state index is 12.7. The Kier molecular flexibility index (Phi) is 5.59. The molecule has 0 fully saturated rings. The van der Waals surface area contributed by atoms with Crippen molar-refractivity contribution in [3.05, 3.63) is 122 Å². The molecule has 0 spiro atoms. The molecule has 0 aliphatic carbocycles. The number of aromatic nitrogens is 3. The first kappa shape index (κ1) is 19.9. The largest absolute Gasteiger partial charge is 0.489 e. The van der Waals surface area contributed by atoms with Gasteiger partial charge in [-0.05, 0) is 41.0 Å². The molecule has 32 heavy (non-hydrogen) atoms. The maximum absolute atomic E-state index is 12.7. The predicted molar refractivity (Wildman–Crippen MR) is 129 cm³/mol. The standard InChI is InChI=1S/C26H19N3O2S/c30-25-23(17-20-11-14-22(15-12-20)31-18-21-9-5-2-6-10-21)32-26-27-24(28-29(25)26)16-13-19-7-3-1-4-8-19/h1-17H,18H2/b16-13+,23-17+. The lowest BCUT2D eigenvalue weighted by molar-refractivity contribution is 0.306. The lowest BCUT2D eigenvalue weighted by atomic mass is 10.2. The van der Waals surface area contributed by atoms with Crippen molar-refractivity contribution < 1.29 is 4.74 Å². The second-order valence-electron chi connectivity index (χ2n) is 7.17. The molecule has 0 amide bonds.